The molecule has 1 unspecified atom stereocenters. The van der Waals surface area contributed by atoms with E-state index in [4.69, 9.17) is 0 Å². The van der Waals surface area contributed by atoms with E-state index in [1.54, 1.807) is 6.33 Å². The van der Waals surface area contributed by atoms with Crippen LogP contribution in [0.4, 0.5) is 0 Å². The molecule has 2 rings (SSSR count). The Hall–Kier alpha value is -1.68. The van der Waals surface area contributed by atoms with Gasteiger partial charge in [0.1, 0.15) is 12.2 Å². The number of rotatable bonds is 9. The van der Waals surface area contributed by atoms with Gasteiger partial charge in [-0.05, 0) is 31.4 Å². The lowest BCUT2D eigenvalue weighted by Gasteiger charge is -2.18. The zero-order valence-corrected chi connectivity index (χ0v) is 13.1. The van der Waals surface area contributed by atoms with E-state index >= 15 is 0 Å². The fourth-order valence-corrected chi connectivity index (χ4v) is 2.53. The zero-order chi connectivity index (χ0) is 14.9. The zero-order valence-electron chi connectivity index (χ0n) is 13.1. The van der Waals surface area contributed by atoms with E-state index < -0.39 is 0 Å². The lowest BCUT2D eigenvalue weighted by molar-refractivity contribution is 0.472. The van der Waals surface area contributed by atoms with Crippen LogP contribution >= 0.6 is 0 Å². The molecule has 1 aromatic heterocycles. The van der Waals surface area contributed by atoms with Crippen LogP contribution in [0.15, 0.2) is 36.7 Å². The molecule has 114 valence electrons. The van der Waals surface area contributed by atoms with Crippen LogP contribution in [0.25, 0.3) is 0 Å². The second kappa shape index (κ2) is 8.57. The van der Waals surface area contributed by atoms with E-state index in [1.807, 2.05) is 4.68 Å². The quantitative estimate of drug-likeness (QED) is 0.771. The highest BCUT2D eigenvalue weighted by Crippen LogP contribution is 2.08. The molecule has 0 saturated carbocycles. The average molecular weight is 286 g/mol. The van der Waals surface area contributed by atoms with E-state index in [0.717, 1.165) is 44.6 Å². The van der Waals surface area contributed by atoms with Crippen molar-refractivity contribution in [2.75, 3.05) is 6.54 Å². The first kappa shape index (κ1) is 15.7. The van der Waals surface area contributed by atoms with Crippen LogP contribution in [-0.4, -0.2) is 27.4 Å². The van der Waals surface area contributed by atoms with Crippen LogP contribution in [0.1, 0.15) is 38.1 Å². The molecule has 0 saturated heterocycles. The summed E-state index contributed by atoms with van der Waals surface area (Å²) in [6, 6.07) is 11.1. The predicted octanol–water partition coefficient (Wildman–Crippen LogP) is 2.84. The Morgan fingerprint density at radius 1 is 1.10 bits per heavy atom. The van der Waals surface area contributed by atoms with Gasteiger partial charge in [-0.1, -0.05) is 44.2 Å². The van der Waals surface area contributed by atoms with Crippen LogP contribution < -0.4 is 5.32 Å². The molecule has 1 heterocycles. The minimum absolute atomic E-state index is 0.409. The van der Waals surface area contributed by atoms with Crippen LogP contribution in [0.3, 0.4) is 0 Å². The SMILES string of the molecule is CCCNC(Cc1ccccc1)Cc1ncnn1CCC. The van der Waals surface area contributed by atoms with Crippen LogP contribution in [-0.2, 0) is 19.4 Å². The lowest BCUT2D eigenvalue weighted by atomic mass is 10.0. The summed E-state index contributed by atoms with van der Waals surface area (Å²) in [7, 11) is 0. The number of aryl methyl sites for hydroxylation is 1. The van der Waals surface area contributed by atoms with Crippen LogP contribution in [0, 0.1) is 0 Å². The first-order valence-electron chi connectivity index (χ1n) is 7.97. The Morgan fingerprint density at radius 2 is 1.90 bits per heavy atom. The molecule has 4 heteroatoms. The molecule has 0 amide bonds. The molecular weight excluding hydrogens is 260 g/mol. The fraction of sp³-hybridized carbons (Fsp3) is 0.529. The third kappa shape index (κ3) is 4.97. The number of aromatic nitrogens is 3. The lowest BCUT2D eigenvalue weighted by Crippen LogP contribution is -2.34. The van der Waals surface area contributed by atoms with Gasteiger partial charge in [-0.25, -0.2) is 4.98 Å². The molecule has 1 aromatic carbocycles. The number of hydrogen-bond acceptors (Lipinski definition) is 3. The van der Waals surface area contributed by atoms with E-state index in [9.17, 15) is 0 Å². The second-order valence-corrected chi connectivity index (χ2v) is 5.44. The van der Waals surface area contributed by atoms with Gasteiger partial charge in [-0.15, -0.1) is 0 Å². The molecule has 1 atom stereocenters. The summed E-state index contributed by atoms with van der Waals surface area (Å²) in [5.74, 6) is 1.08. The predicted molar refractivity (Wildman–Crippen MR) is 86.2 cm³/mol. The van der Waals surface area contributed by atoms with Crippen LogP contribution in [0.5, 0.6) is 0 Å². The van der Waals surface area contributed by atoms with Gasteiger partial charge in [0.2, 0.25) is 0 Å². The van der Waals surface area contributed by atoms with E-state index in [1.165, 1.54) is 5.56 Å². The number of benzene rings is 1. The van der Waals surface area contributed by atoms with Gasteiger partial charge in [0.05, 0.1) is 0 Å². The van der Waals surface area contributed by atoms with Crippen molar-refractivity contribution in [3.8, 4) is 0 Å². The molecule has 0 fully saturated rings. The summed E-state index contributed by atoms with van der Waals surface area (Å²) in [5, 5.41) is 7.97. The first-order valence-corrected chi connectivity index (χ1v) is 7.97. The Balaban J connectivity index is 2.03. The molecule has 4 nitrogen and oxygen atoms in total. The molecule has 0 radical (unpaired) electrons. The number of hydrogen-bond donors (Lipinski definition) is 1. The van der Waals surface area contributed by atoms with Gasteiger partial charge in [-0.2, -0.15) is 5.10 Å². The van der Waals surface area contributed by atoms with E-state index in [-0.39, 0.29) is 0 Å². The average Bonchev–Trinajstić information content (AvgIpc) is 2.93. The van der Waals surface area contributed by atoms with Gasteiger partial charge in [0.25, 0.3) is 0 Å². The normalized spacial score (nSPS) is 12.5. The highest BCUT2D eigenvalue weighted by Gasteiger charge is 2.13. The summed E-state index contributed by atoms with van der Waals surface area (Å²) in [6.45, 7) is 6.36. The fourth-order valence-electron chi connectivity index (χ4n) is 2.53. The maximum absolute atomic E-state index is 4.44. The van der Waals surface area contributed by atoms with E-state index in [2.05, 4.69) is 59.6 Å². The second-order valence-electron chi connectivity index (χ2n) is 5.44. The first-order chi connectivity index (χ1) is 10.3. The largest absolute Gasteiger partial charge is 0.313 e. The Morgan fingerprint density at radius 3 is 2.62 bits per heavy atom. The summed E-state index contributed by atoms with van der Waals surface area (Å²) >= 11 is 0. The Labute approximate surface area is 127 Å². The third-order valence-corrected chi connectivity index (χ3v) is 3.57. The van der Waals surface area contributed by atoms with Crippen molar-refractivity contribution in [2.24, 2.45) is 0 Å². The van der Waals surface area contributed by atoms with Gasteiger partial charge in [0, 0.05) is 19.0 Å². The molecule has 2 aromatic rings. The topological polar surface area (TPSA) is 42.7 Å². The van der Waals surface area contributed by atoms with Gasteiger partial charge in [-0.3, -0.25) is 4.68 Å². The Kier molecular flexibility index (Phi) is 6.41. The minimum Gasteiger partial charge on any atom is -0.313 e. The highest BCUT2D eigenvalue weighted by atomic mass is 15.3. The number of nitrogens with zero attached hydrogens (tertiary/aromatic N) is 3. The van der Waals surface area contributed by atoms with Crippen molar-refractivity contribution >= 4 is 0 Å². The van der Waals surface area contributed by atoms with Crippen molar-refractivity contribution in [1.29, 1.82) is 0 Å². The third-order valence-electron chi connectivity index (χ3n) is 3.57. The monoisotopic (exact) mass is 286 g/mol. The molecule has 0 aliphatic rings. The van der Waals surface area contributed by atoms with Crippen molar-refractivity contribution in [2.45, 2.75) is 52.1 Å². The van der Waals surface area contributed by atoms with Gasteiger partial charge in [0.15, 0.2) is 0 Å². The maximum atomic E-state index is 4.44. The van der Waals surface area contributed by atoms with Crippen molar-refractivity contribution < 1.29 is 0 Å². The minimum atomic E-state index is 0.409. The standard InChI is InChI=1S/C17H26N4/c1-3-10-18-16(12-15-8-6-5-7-9-15)13-17-19-14-20-21(17)11-4-2/h5-9,14,16,18H,3-4,10-13H2,1-2H3. The van der Waals surface area contributed by atoms with Crippen molar-refractivity contribution in [3.05, 3.63) is 48.0 Å². The van der Waals surface area contributed by atoms with Gasteiger partial charge >= 0.3 is 0 Å². The molecule has 0 aliphatic carbocycles. The summed E-state index contributed by atoms with van der Waals surface area (Å²) in [5.41, 5.74) is 1.37. The Bertz CT molecular complexity index is 507. The molecule has 1 N–H and O–H groups in total. The maximum Gasteiger partial charge on any atom is 0.138 e. The smallest absolute Gasteiger partial charge is 0.138 e. The summed E-state index contributed by atoms with van der Waals surface area (Å²) in [4.78, 5) is 4.44. The number of nitrogens with one attached hydrogen (secondary N) is 1. The van der Waals surface area contributed by atoms with Crippen molar-refractivity contribution in [3.63, 3.8) is 0 Å². The summed E-state index contributed by atoms with van der Waals surface area (Å²) in [6.07, 6.45) is 5.86. The molecule has 0 aliphatic heterocycles. The van der Waals surface area contributed by atoms with E-state index in [0.29, 0.717) is 6.04 Å². The molecular formula is C17H26N4. The molecule has 21 heavy (non-hydrogen) atoms. The summed E-state index contributed by atoms with van der Waals surface area (Å²) < 4.78 is 2.03. The highest BCUT2D eigenvalue weighted by molar-refractivity contribution is 5.16. The van der Waals surface area contributed by atoms with Gasteiger partial charge < -0.3 is 5.32 Å². The van der Waals surface area contributed by atoms with Crippen molar-refractivity contribution in [1.82, 2.24) is 20.1 Å². The molecule has 0 bridgehead atoms. The van der Waals surface area contributed by atoms with Crippen LogP contribution in [0.2, 0.25) is 0 Å². The molecule has 0 spiro atoms.